The van der Waals surface area contributed by atoms with Crippen LogP contribution in [0.15, 0.2) is 5.51 Å². The molecule has 0 radical (unpaired) electrons. The molecule has 1 aliphatic carbocycles. The Morgan fingerprint density at radius 1 is 1.53 bits per heavy atom. The van der Waals surface area contributed by atoms with Crippen LogP contribution in [-0.4, -0.2) is 10.8 Å². The minimum Gasteiger partial charge on any atom is -0.300 e. The number of hydrogen-bond acceptors (Lipinski definition) is 3. The number of ketones is 1. The Balaban J connectivity index is 2.33. The van der Waals surface area contributed by atoms with E-state index in [2.05, 4.69) is 18.8 Å². The second-order valence-electron chi connectivity index (χ2n) is 5.09. The fourth-order valence-electron chi connectivity index (χ4n) is 2.33. The molecule has 0 saturated heterocycles. The summed E-state index contributed by atoms with van der Waals surface area (Å²) in [6, 6.07) is 0. The number of carbonyl (C=O) groups excluding carboxylic acids is 1. The minimum atomic E-state index is 0.241. The minimum absolute atomic E-state index is 0.241. The molecule has 1 saturated carbocycles. The van der Waals surface area contributed by atoms with Gasteiger partial charge in [-0.2, -0.15) is 0 Å². The Hall–Kier alpha value is -0.700. The first-order valence-electron chi connectivity index (χ1n) is 5.42. The van der Waals surface area contributed by atoms with E-state index in [1.165, 1.54) is 4.88 Å². The van der Waals surface area contributed by atoms with Crippen LogP contribution in [0.2, 0.25) is 0 Å². The van der Waals surface area contributed by atoms with E-state index in [4.69, 9.17) is 0 Å². The third-order valence-corrected chi connectivity index (χ3v) is 4.57. The van der Waals surface area contributed by atoms with Gasteiger partial charge >= 0.3 is 0 Å². The van der Waals surface area contributed by atoms with Crippen molar-refractivity contribution in [3.8, 4) is 0 Å². The van der Waals surface area contributed by atoms with Crippen LogP contribution in [-0.2, 0) is 4.79 Å². The predicted molar refractivity (Wildman–Crippen MR) is 62.2 cm³/mol. The first-order valence-corrected chi connectivity index (χ1v) is 6.30. The number of aromatic nitrogens is 1. The first kappa shape index (κ1) is 10.8. The largest absolute Gasteiger partial charge is 0.300 e. The number of nitrogens with zero attached hydrogens (tertiary/aromatic N) is 1. The molecule has 0 aliphatic heterocycles. The quantitative estimate of drug-likeness (QED) is 0.731. The summed E-state index contributed by atoms with van der Waals surface area (Å²) in [5.74, 6) is 0.790. The van der Waals surface area contributed by atoms with E-state index in [-0.39, 0.29) is 5.41 Å². The van der Waals surface area contributed by atoms with E-state index in [0.717, 1.165) is 18.5 Å². The van der Waals surface area contributed by atoms with Crippen LogP contribution in [0.3, 0.4) is 0 Å². The Kier molecular flexibility index (Phi) is 2.67. The van der Waals surface area contributed by atoms with Crippen molar-refractivity contribution in [3.63, 3.8) is 0 Å². The molecular formula is C12H17NOS. The highest BCUT2D eigenvalue weighted by Gasteiger charge is 2.38. The summed E-state index contributed by atoms with van der Waals surface area (Å²) in [5, 5.41) is 0. The maximum absolute atomic E-state index is 11.6. The Bertz CT molecular complexity index is 381. The number of hydrogen-bond donors (Lipinski definition) is 0. The Morgan fingerprint density at radius 3 is 2.87 bits per heavy atom. The fraction of sp³-hybridized carbons (Fsp3) is 0.667. The smallest absolute Gasteiger partial charge is 0.133 e. The van der Waals surface area contributed by atoms with Gasteiger partial charge < -0.3 is 0 Å². The molecule has 0 aromatic carbocycles. The average Bonchev–Trinajstić information content (AvgIpc) is 2.56. The molecule has 15 heavy (non-hydrogen) atoms. The molecule has 0 N–H and O–H groups in total. The highest BCUT2D eigenvalue weighted by molar-refractivity contribution is 7.09. The zero-order chi connectivity index (χ0) is 11.1. The van der Waals surface area contributed by atoms with Gasteiger partial charge in [0.25, 0.3) is 0 Å². The van der Waals surface area contributed by atoms with Gasteiger partial charge in [-0.15, -0.1) is 11.3 Å². The van der Waals surface area contributed by atoms with Crippen LogP contribution >= 0.6 is 11.3 Å². The van der Waals surface area contributed by atoms with Crippen LogP contribution < -0.4 is 0 Å². The molecule has 0 spiro atoms. The topological polar surface area (TPSA) is 30.0 Å². The van der Waals surface area contributed by atoms with E-state index >= 15 is 0 Å². The third kappa shape index (κ3) is 1.98. The van der Waals surface area contributed by atoms with Crippen molar-refractivity contribution in [2.45, 2.75) is 46.0 Å². The Morgan fingerprint density at radius 2 is 2.27 bits per heavy atom. The number of Topliss-reactive ketones (excluding diaryl/α,β-unsaturated/α-hetero) is 1. The molecular weight excluding hydrogens is 206 g/mol. The number of rotatable bonds is 1. The summed E-state index contributed by atoms with van der Waals surface area (Å²) in [7, 11) is 0. The number of carbonyl (C=O) groups is 1. The Labute approximate surface area is 94.7 Å². The highest BCUT2D eigenvalue weighted by Crippen LogP contribution is 2.47. The van der Waals surface area contributed by atoms with Crippen molar-refractivity contribution < 1.29 is 4.79 Å². The molecule has 1 aromatic rings. The van der Waals surface area contributed by atoms with Crippen molar-refractivity contribution in [3.05, 3.63) is 16.1 Å². The summed E-state index contributed by atoms with van der Waals surface area (Å²) in [6.45, 7) is 6.58. The molecule has 1 fully saturated rings. The predicted octanol–water partition coefficient (Wildman–Crippen LogP) is 3.31. The van der Waals surface area contributed by atoms with Crippen molar-refractivity contribution in [2.24, 2.45) is 5.41 Å². The second kappa shape index (κ2) is 3.71. The zero-order valence-corrected chi connectivity index (χ0v) is 10.4. The first-order chi connectivity index (χ1) is 7.00. The number of thiazole rings is 1. The average molecular weight is 223 g/mol. The fourth-order valence-corrected chi connectivity index (χ4v) is 3.45. The van der Waals surface area contributed by atoms with Crippen molar-refractivity contribution in [2.75, 3.05) is 0 Å². The standard InChI is InChI=1S/C12H17NOS/c1-8-11(15-7-13-8)10-6-9(14)4-5-12(10,2)3/h7,10H,4-6H2,1-3H3. The molecule has 1 heterocycles. The molecule has 1 aromatic heterocycles. The van der Waals surface area contributed by atoms with Gasteiger partial charge in [0.15, 0.2) is 0 Å². The SMILES string of the molecule is Cc1ncsc1C1CC(=O)CCC1(C)C. The van der Waals surface area contributed by atoms with Crippen LogP contribution in [0.25, 0.3) is 0 Å². The summed E-state index contributed by atoms with van der Waals surface area (Å²) >= 11 is 1.70. The number of aryl methyl sites for hydroxylation is 1. The third-order valence-electron chi connectivity index (χ3n) is 3.52. The molecule has 1 atom stereocenters. The molecule has 82 valence electrons. The van der Waals surface area contributed by atoms with Gasteiger partial charge in [0.05, 0.1) is 11.2 Å². The molecule has 3 heteroatoms. The van der Waals surface area contributed by atoms with Gasteiger partial charge in [-0.3, -0.25) is 4.79 Å². The summed E-state index contributed by atoms with van der Waals surface area (Å²) < 4.78 is 0. The van der Waals surface area contributed by atoms with Crippen LogP contribution in [0.5, 0.6) is 0 Å². The molecule has 0 bridgehead atoms. The van der Waals surface area contributed by atoms with Crippen molar-refractivity contribution >= 4 is 17.1 Å². The zero-order valence-electron chi connectivity index (χ0n) is 9.54. The lowest BCUT2D eigenvalue weighted by Crippen LogP contribution is -2.30. The molecule has 2 rings (SSSR count). The van der Waals surface area contributed by atoms with Crippen LogP contribution in [0.1, 0.15) is 49.6 Å². The lowest BCUT2D eigenvalue weighted by atomic mass is 9.67. The van der Waals surface area contributed by atoms with Gasteiger partial charge in [-0.1, -0.05) is 13.8 Å². The van der Waals surface area contributed by atoms with Gasteiger partial charge in [-0.05, 0) is 18.8 Å². The van der Waals surface area contributed by atoms with Crippen LogP contribution in [0, 0.1) is 12.3 Å². The molecule has 1 unspecified atom stereocenters. The lowest BCUT2D eigenvalue weighted by Gasteiger charge is -2.37. The summed E-state index contributed by atoms with van der Waals surface area (Å²) in [5.41, 5.74) is 3.23. The maximum Gasteiger partial charge on any atom is 0.133 e. The van der Waals surface area contributed by atoms with Gasteiger partial charge in [0, 0.05) is 23.6 Å². The monoisotopic (exact) mass is 223 g/mol. The maximum atomic E-state index is 11.6. The van der Waals surface area contributed by atoms with E-state index in [0.29, 0.717) is 18.1 Å². The lowest BCUT2D eigenvalue weighted by molar-refractivity contribution is -0.122. The van der Waals surface area contributed by atoms with Crippen molar-refractivity contribution in [1.29, 1.82) is 0 Å². The second-order valence-corrected chi connectivity index (χ2v) is 5.97. The normalized spacial score (nSPS) is 25.5. The van der Waals surface area contributed by atoms with Crippen molar-refractivity contribution in [1.82, 2.24) is 4.98 Å². The molecule has 2 nitrogen and oxygen atoms in total. The summed E-state index contributed by atoms with van der Waals surface area (Å²) in [6.07, 6.45) is 2.46. The van der Waals surface area contributed by atoms with E-state index in [1.54, 1.807) is 11.3 Å². The van der Waals surface area contributed by atoms with E-state index < -0.39 is 0 Å². The van der Waals surface area contributed by atoms with Gasteiger partial charge in [-0.25, -0.2) is 4.98 Å². The highest BCUT2D eigenvalue weighted by atomic mass is 32.1. The summed E-state index contributed by atoms with van der Waals surface area (Å²) in [4.78, 5) is 17.2. The molecule has 1 aliphatic rings. The van der Waals surface area contributed by atoms with E-state index in [9.17, 15) is 4.79 Å². The molecule has 0 amide bonds. The van der Waals surface area contributed by atoms with E-state index in [1.807, 2.05) is 12.4 Å². The van der Waals surface area contributed by atoms with Gasteiger partial charge in [0.2, 0.25) is 0 Å². The van der Waals surface area contributed by atoms with Gasteiger partial charge in [0.1, 0.15) is 5.78 Å². The van der Waals surface area contributed by atoms with Crippen LogP contribution in [0.4, 0.5) is 0 Å².